The predicted molar refractivity (Wildman–Crippen MR) is 65.3 cm³/mol. The first-order valence-corrected chi connectivity index (χ1v) is 5.65. The maximum absolute atomic E-state index is 11.3. The summed E-state index contributed by atoms with van der Waals surface area (Å²) in [5, 5.41) is 0.409. The fraction of sp³-hybridized carbons (Fsp3) is 0.300. The van der Waals surface area contributed by atoms with Crippen LogP contribution in [-0.2, 0) is 0 Å². The minimum atomic E-state index is -0.0408. The van der Waals surface area contributed by atoms with Crippen molar-refractivity contribution in [2.75, 3.05) is 6.61 Å². The molecule has 0 amide bonds. The van der Waals surface area contributed by atoms with Gasteiger partial charge in [0.2, 0.25) is 0 Å². The van der Waals surface area contributed by atoms with E-state index in [0.717, 1.165) is 3.57 Å². The average molecular weight is 325 g/mol. The second-order valence-corrected chi connectivity index (χ2v) is 4.26. The first kappa shape index (κ1) is 11.8. The molecule has 0 unspecified atom stereocenters. The van der Waals surface area contributed by atoms with E-state index in [1.54, 1.807) is 6.07 Å². The number of Topliss-reactive ketones (excluding diaryl/α,β-unsaturated/α-hetero) is 1. The zero-order valence-corrected chi connectivity index (χ0v) is 10.8. The Morgan fingerprint density at radius 2 is 2.21 bits per heavy atom. The molecule has 0 N–H and O–H groups in total. The van der Waals surface area contributed by atoms with Crippen LogP contribution in [0.25, 0.3) is 0 Å². The van der Waals surface area contributed by atoms with E-state index in [2.05, 4.69) is 22.6 Å². The molecule has 0 saturated carbocycles. The van der Waals surface area contributed by atoms with E-state index in [-0.39, 0.29) is 5.78 Å². The number of benzene rings is 1. The molecule has 0 bridgehead atoms. The monoisotopic (exact) mass is 324 g/mol. The summed E-state index contributed by atoms with van der Waals surface area (Å²) >= 11 is 8.12. The number of halogens is 2. The van der Waals surface area contributed by atoms with Crippen LogP contribution in [0.2, 0.25) is 5.02 Å². The van der Waals surface area contributed by atoms with Crippen LogP contribution in [0.3, 0.4) is 0 Å². The Morgan fingerprint density at radius 1 is 1.57 bits per heavy atom. The van der Waals surface area contributed by atoms with Crippen molar-refractivity contribution in [2.45, 2.75) is 13.8 Å². The predicted octanol–water partition coefficient (Wildman–Crippen LogP) is 3.55. The number of hydrogen-bond donors (Lipinski definition) is 0. The molecule has 0 aliphatic heterocycles. The van der Waals surface area contributed by atoms with Crippen LogP contribution in [0.5, 0.6) is 5.75 Å². The van der Waals surface area contributed by atoms with Gasteiger partial charge in [-0.2, -0.15) is 0 Å². The van der Waals surface area contributed by atoms with Crippen LogP contribution in [0.4, 0.5) is 0 Å². The summed E-state index contributed by atoms with van der Waals surface area (Å²) in [5.41, 5.74) is 0.540. The van der Waals surface area contributed by atoms with E-state index < -0.39 is 0 Å². The number of rotatable bonds is 3. The number of ether oxygens (including phenoxy) is 1. The molecular formula is C10H10ClIO2. The molecule has 76 valence electrons. The highest BCUT2D eigenvalue weighted by molar-refractivity contribution is 14.1. The summed E-state index contributed by atoms with van der Waals surface area (Å²) in [6.45, 7) is 3.92. The molecule has 1 rings (SSSR count). The van der Waals surface area contributed by atoms with Gasteiger partial charge in [0.25, 0.3) is 0 Å². The minimum Gasteiger partial charge on any atom is -0.492 e. The molecule has 0 heterocycles. The average Bonchev–Trinajstić information content (AvgIpc) is 2.10. The van der Waals surface area contributed by atoms with Gasteiger partial charge in [0.05, 0.1) is 17.2 Å². The number of carbonyl (C=O) groups is 1. The van der Waals surface area contributed by atoms with E-state index >= 15 is 0 Å². The van der Waals surface area contributed by atoms with Gasteiger partial charge in [-0.1, -0.05) is 11.6 Å². The second kappa shape index (κ2) is 4.98. The van der Waals surface area contributed by atoms with Crippen molar-refractivity contribution in [3.8, 4) is 5.75 Å². The van der Waals surface area contributed by atoms with Gasteiger partial charge in [-0.3, -0.25) is 4.79 Å². The molecular weight excluding hydrogens is 314 g/mol. The molecule has 0 radical (unpaired) electrons. The zero-order valence-electron chi connectivity index (χ0n) is 7.93. The van der Waals surface area contributed by atoms with Crippen molar-refractivity contribution in [1.82, 2.24) is 0 Å². The fourth-order valence-electron chi connectivity index (χ4n) is 1.12. The Morgan fingerprint density at radius 3 is 2.71 bits per heavy atom. The van der Waals surface area contributed by atoms with E-state index in [9.17, 15) is 4.79 Å². The van der Waals surface area contributed by atoms with Crippen molar-refractivity contribution < 1.29 is 9.53 Å². The highest BCUT2D eigenvalue weighted by Crippen LogP contribution is 2.31. The minimum absolute atomic E-state index is 0.0408. The molecule has 1 aromatic carbocycles. The standard InChI is InChI=1S/C10H10ClIO2/c1-3-14-8-5-4-7(12)9(6(2)13)10(8)11/h4-5H,3H2,1-2H3. The third-order valence-electron chi connectivity index (χ3n) is 1.71. The summed E-state index contributed by atoms with van der Waals surface area (Å²) < 4.78 is 6.15. The topological polar surface area (TPSA) is 26.3 Å². The first-order valence-electron chi connectivity index (χ1n) is 4.19. The van der Waals surface area contributed by atoms with E-state index in [0.29, 0.717) is 22.9 Å². The van der Waals surface area contributed by atoms with Gasteiger partial charge in [0.15, 0.2) is 5.78 Å². The summed E-state index contributed by atoms with van der Waals surface area (Å²) in [5.74, 6) is 0.528. The zero-order chi connectivity index (χ0) is 10.7. The maximum Gasteiger partial charge on any atom is 0.162 e. The summed E-state index contributed by atoms with van der Waals surface area (Å²) in [7, 11) is 0. The molecule has 14 heavy (non-hydrogen) atoms. The van der Waals surface area contributed by atoms with E-state index in [1.165, 1.54) is 6.92 Å². The number of ketones is 1. The normalized spacial score (nSPS) is 10.0. The van der Waals surface area contributed by atoms with Crippen molar-refractivity contribution in [3.63, 3.8) is 0 Å². The molecule has 2 nitrogen and oxygen atoms in total. The maximum atomic E-state index is 11.3. The van der Waals surface area contributed by atoms with Gasteiger partial charge in [-0.15, -0.1) is 0 Å². The second-order valence-electron chi connectivity index (χ2n) is 2.72. The van der Waals surface area contributed by atoms with E-state index in [1.807, 2.05) is 13.0 Å². The lowest BCUT2D eigenvalue weighted by molar-refractivity contribution is 0.101. The van der Waals surface area contributed by atoms with Crippen LogP contribution in [0.1, 0.15) is 24.2 Å². The lowest BCUT2D eigenvalue weighted by atomic mass is 10.1. The molecule has 0 aliphatic carbocycles. The lowest BCUT2D eigenvalue weighted by Gasteiger charge is -2.09. The summed E-state index contributed by atoms with van der Waals surface area (Å²) in [6, 6.07) is 3.61. The number of hydrogen-bond acceptors (Lipinski definition) is 2. The fourth-order valence-corrected chi connectivity index (χ4v) is 2.46. The molecule has 1 aromatic rings. The Labute approximate surface area is 102 Å². The van der Waals surface area contributed by atoms with Crippen LogP contribution in [0.15, 0.2) is 12.1 Å². The first-order chi connectivity index (χ1) is 6.57. The van der Waals surface area contributed by atoms with Crippen LogP contribution < -0.4 is 4.74 Å². The molecule has 0 atom stereocenters. The molecule has 0 aliphatic rings. The molecule has 0 aromatic heterocycles. The largest absolute Gasteiger partial charge is 0.492 e. The Balaban J connectivity index is 3.26. The van der Waals surface area contributed by atoms with Gasteiger partial charge in [-0.05, 0) is 48.6 Å². The van der Waals surface area contributed by atoms with Crippen molar-refractivity contribution >= 4 is 40.0 Å². The smallest absolute Gasteiger partial charge is 0.162 e. The molecule has 0 saturated heterocycles. The third kappa shape index (κ3) is 2.39. The molecule has 4 heteroatoms. The summed E-state index contributed by atoms with van der Waals surface area (Å²) in [4.78, 5) is 11.3. The quantitative estimate of drug-likeness (QED) is 0.628. The van der Waals surface area contributed by atoms with Crippen molar-refractivity contribution in [2.24, 2.45) is 0 Å². The highest BCUT2D eigenvalue weighted by atomic mass is 127. The SMILES string of the molecule is CCOc1ccc(I)c(C(C)=O)c1Cl. The lowest BCUT2D eigenvalue weighted by Crippen LogP contribution is -2.01. The molecule has 0 spiro atoms. The van der Waals surface area contributed by atoms with Gasteiger partial charge < -0.3 is 4.74 Å². The van der Waals surface area contributed by atoms with Crippen LogP contribution >= 0.6 is 34.2 Å². The van der Waals surface area contributed by atoms with E-state index in [4.69, 9.17) is 16.3 Å². The van der Waals surface area contributed by atoms with Gasteiger partial charge in [0.1, 0.15) is 5.75 Å². The Bertz CT molecular complexity index is 363. The van der Waals surface area contributed by atoms with Gasteiger partial charge in [-0.25, -0.2) is 0 Å². The van der Waals surface area contributed by atoms with Crippen LogP contribution in [-0.4, -0.2) is 12.4 Å². The van der Waals surface area contributed by atoms with Crippen molar-refractivity contribution in [3.05, 3.63) is 26.3 Å². The van der Waals surface area contributed by atoms with Crippen LogP contribution in [0, 0.1) is 3.57 Å². The summed E-state index contributed by atoms with van der Waals surface area (Å²) in [6.07, 6.45) is 0. The highest BCUT2D eigenvalue weighted by Gasteiger charge is 2.14. The Kier molecular flexibility index (Phi) is 4.19. The van der Waals surface area contributed by atoms with Gasteiger partial charge in [0, 0.05) is 3.57 Å². The Hall–Kier alpha value is -0.290. The third-order valence-corrected chi connectivity index (χ3v) is 2.98. The molecule has 0 fully saturated rings. The van der Waals surface area contributed by atoms with Crippen molar-refractivity contribution in [1.29, 1.82) is 0 Å². The van der Waals surface area contributed by atoms with Gasteiger partial charge >= 0.3 is 0 Å². The number of carbonyl (C=O) groups excluding carboxylic acids is 1.